The first-order valence-corrected chi connectivity index (χ1v) is 8.28. The van der Waals surface area contributed by atoms with Crippen LogP contribution < -0.4 is 0 Å². The summed E-state index contributed by atoms with van der Waals surface area (Å²) in [5, 5.41) is -0.581. The molecule has 0 bridgehead atoms. The summed E-state index contributed by atoms with van der Waals surface area (Å²) in [4.78, 5) is 3.61. The van der Waals surface area contributed by atoms with Gasteiger partial charge < -0.3 is 9.31 Å². The number of pyridine rings is 1. The third kappa shape index (κ3) is 3.93. The zero-order valence-corrected chi connectivity index (χ0v) is 15.4. The summed E-state index contributed by atoms with van der Waals surface area (Å²) in [6, 6.07) is 0.948. The highest BCUT2D eigenvalue weighted by Crippen LogP contribution is 2.39. The number of rotatable bonds is 3. The SMILES string of the molecule is CC1(C)OB(C(=Cc2cnc(Cl)c(C(F)(F)F)c2)CS)OC1(C)C. The molecule has 0 unspecified atom stereocenters. The molecule has 1 aromatic heterocycles. The van der Waals surface area contributed by atoms with Crippen molar-refractivity contribution in [1.29, 1.82) is 0 Å². The first kappa shape index (κ1) is 19.6. The predicted octanol–water partition coefficient (Wildman–Crippen LogP) is 4.70. The Balaban J connectivity index is 2.36. The molecule has 132 valence electrons. The average molecular weight is 380 g/mol. The summed E-state index contributed by atoms with van der Waals surface area (Å²) in [7, 11) is -0.683. The zero-order valence-electron chi connectivity index (χ0n) is 13.7. The van der Waals surface area contributed by atoms with E-state index in [4.69, 9.17) is 20.9 Å². The van der Waals surface area contributed by atoms with Crippen molar-refractivity contribution in [1.82, 2.24) is 4.98 Å². The van der Waals surface area contributed by atoms with Gasteiger partial charge >= 0.3 is 13.3 Å². The molecule has 1 fully saturated rings. The molecule has 2 rings (SSSR count). The van der Waals surface area contributed by atoms with E-state index in [-0.39, 0.29) is 11.3 Å². The van der Waals surface area contributed by atoms with Gasteiger partial charge in [-0.1, -0.05) is 17.7 Å². The highest BCUT2D eigenvalue weighted by atomic mass is 35.5. The lowest BCUT2D eigenvalue weighted by Gasteiger charge is -2.32. The zero-order chi connectivity index (χ0) is 18.3. The van der Waals surface area contributed by atoms with Crippen LogP contribution in [0.2, 0.25) is 5.15 Å². The minimum Gasteiger partial charge on any atom is -0.400 e. The lowest BCUT2D eigenvalue weighted by Crippen LogP contribution is -2.41. The Labute approximate surface area is 150 Å². The molecule has 2 heterocycles. The third-order valence-corrected chi connectivity index (χ3v) is 4.92. The monoisotopic (exact) mass is 379 g/mol. The van der Waals surface area contributed by atoms with Crippen LogP contribution in [0.5, 0.6) is 0 Å². The first-order valence-electron chi connectivity index (χ1n) is 7.27. The van der Waals surface area contributed by atoms with Crippen LogP contribution in [-0.2, 0) is 15.5 Å². The number of thiol groups is 1. The maximum Gasteiger partial charge on any atom is 0.491 e. The Morgan fingerprint density at radius 3 is 2.29 bits per heavy atom. The van der Waals surface area contributed by atoms with E-state index in [0.717, 1.165) is 6.07 Å². The maximum atomic E-state index is 12.9. The van der Waals surface area contributed by atoms with Gasteiger partial charge in [0.1, 0.15) is 5.15 Å². The second kappa shape index (κ2) is 6.55. The molecule has 0 aliphatic carbocycles. The van der Waals surface area contributed by atoms with Crippen LogP contribution in [0.15, 0.2) is 17.7 Å². The largest absolute Gasteiger partial charge is 0.491 e. The van der Waals surface area contributed by atoms with Crippen molar-refractivity contribution in [2.24, 2.45) is 0 Å². The number of hydrogen-bond donors (Lipinski definition) is 1. The van der Waals surface area contributed by atoms with Gasteiger partial charge in [-0.15, -0.1) is 0 Å². The highest BCUT2D eigenvalue weighted by Gasteiger charge is 2.52. The molecule has 3 nitrogen and oxygen atoms in total. The fraction of sp³-hybridized carbons (Fsp3) is 0.533. The number of hydrogen-bond acceptors (Lipinski definition) is 4. The number of halogens is 4. The van der Waals surface area contributed by atoms with Gasteiger partial charge in [-0.3, -0.25) is 0 Å². The van der Waals surface area contributed by atoms with Gasteiger partial charge in [-0.2, -0.15) is 25.8 Å². The second-order valence-corrected chi connectivity index (χ2v) is 7.24. The number of alkyl halides is 3. The lowest BCUT2D eigenvalue weighted by atomic mass is 9.78. The molecule has 1 aromatic rings. The Morgan fingerprint density at radius 1 is 1.29 bits per heavy atom. The molecule has 0 N–H and O–H groups in total. The molecule has 0 amide bonds. The van der Waals surface area contributed by atoms with E-state index in [1.807, 2.05) is 27.7 Å². The minimum absolute atomic E-state index is 0.255. The van der Waals surface area contributed by atoms with Crippen molar-refractivity contribution in [3.05, 3.63) is 34.0 Å². The van der Waals surface area contributed by atoms with E-state index in [0.29, 0.717) is 5.47 Å². The first-order chi connectivity index (χ1) is 10.9. The molecular weight excluding hydrogens is 361 g/mol. The third-order valence-electron chi connectivity index (χ3n) is 4.26. The van der Waals surface area contributed by atoms with E-state index in [1.54, 1.807) is 0 Å². The van der Waals surface area contributed by atoms with Crippen molar-refractivity contribution in [3.63, 3.8) is 0 Å². The highest BCUT2D eigenvalue weighted by molar-refractivity contribution is 7.80. The quantitative estimate of drug-likeness (QED) is 0.469. The van der Waals surface area contributed by atoms with E-state index in [9.17, 15) is 13.2 Å². The molecule has 0 atom stereocenters. The van der Waals surface area contributed by atoms with Crippen LogP contribution in [0.3, 0.4) is 0 Å². The maximum absolute atomic E-state index is 12.9. The summed E-state index contributed by atoms with van der Waals surface area (Å²) in [5.74, 6) is 0.265. The van der Waals surface area contributed by atoms with Crippen molar-refractivity contribution >= 4 is 37.4 Å². The van der Waals surface area contributed by atoms with Crippen molar-refractivity contribution in [2.75, 3.05) is 5.75 Å². The number of nitrogens with zero attached hydrogens (tertiary/aromatic N) is 1. The topological polar surface area (TPSA) is 31.4 Å². The van der Waals surface area contributed by atoms with Crippen LogP contribution in [0.1, 0.15) is 38.8 Å². The Hall–Kier alpha value is -0.695. The fourth-order valence-corrected chi connectivity index (χ4v) is 2.59. The van der Waals surface area contributed by atoms with Crippen molar-refractivity contribution in [3.8, 4) is 0 Å². The lowest BCUT2D eigenvalue weighted by molar-refractivity contribution is -0.137. The van der Waals surface area contributed by atoms with Crippen LogP contribution in [-0.4, -0.2) is 29.1 Å². The Morgan fingerprint density at radius 2 is 1.83 bits per heavy atom. The van der Waals surface area contributed by atoms with Gasteiger partial charge in [0.05, 0.1) is 16.8 Å². The summed E-state index contributed by atoms with van der Waals surface area (Å²) in [5.41, 5.74) is -1.21. The fourth-order valence-electron chi connectivity index (χ4n) is 2.14. The molecular formula is C15H18BClF3NO2S. The van der Waals surface area contributed by atoms with Crippen molar-refractivity contribution in [2.45, 2.75) is 45.1 Å². The summed E-state index contributed by atoms with van der Waals surface area (Å²) in [6.07, 6.45) is -1.76. The molecule has 1 aliphatic heterocycles. The normalized spacial score (nSPS) is 20.5. The predicted molar refractivity (Wildman–Crippen MR) is 92.2 cm³/mol. The molecule has 1 saturated heterocycles. The van der Waals surface area contributed by atoms with E-state index >= 15 is 0 Å². The van der Waals surface area contributed by atoms with E-state index < -0.39 is 35.2 Å². The van der Waals surface area contributed by atoms with Gasteiger partial charge in [0, 0.05) is 11.9 Å². The van der Waals surface area contributed by atoms with Gasteiger partial charge in [0.25, 0.3) is 0 Å². The molecule has 24 heavy (non-hydrogen) atoms. The summed E-state index contributed by atoms with van der Waals surface area (Å²) < 4.78 is 50.6. The van der Waals surface area contributed by atoms with E-state index in [1.165, 1.54) is 12.3 Å². The van der Waals surface area contributed by atoms with Crippen molar-refractivity contribution < 1.29 is 22.5 Å². The summed E-state index contributed by atoms with van der Waals surface area (Å²) >= 11 is 9.78. The minimum atomic E-state index is -4.57. The standard InChI is InChI=1S/C15H18BClF3NO2S/c1-13(2)14(3,4)23-16(22-13)10(8-24)5-9-6-11(15(18,19)20)12(17)21-7-9/h5-7,24H,8H2,1-4H3. The van der Waals surface area contributed by atoms with Gasteiger partial charge in [0.2, 0.25) is 0 Å². The molecule has 0 radical (unpaired) electrons. The molecule has 1 aliphatic rings. The smallest absolute Gasteiger partial charge is 0.400 e. The molecule has 0 aromatic carbocycles. The summed E-state index contributed by atoms with van der Waals surface area (Å²) in [6.45, 7) is 7.59. The molecule has 0 spiro atoms. The van der Waals surface area contributed by atoms with Gasteiger partial charge in [-0.25, -0.2) is 4.98 Å². The van der Waals surface area contributed by atoms with Gasteiger partial charge in [0.15, 0.2) is 0 Å². The number of aromatic nitrogens is 1. The molecule has 9 heteroatoms. The molecule has 0 saturated carbocycles. The van der Waals surface area contributed by atoms with Crippen LogP contribution in [0.4, 0.5) is 13.2 Å². The van der Waals surface area contributed by atoms with Crippen LogP contribution in [0, 0.1) is 0 Å². The average Bonchev–Trinajstić information content (AvgIpc) is 2.65. The van der Waals surface area contributed by atoms with Crippen LogP contribution >= 0.6 is 24.2 Å². The second-order valence-electron chi connectivity index (χ2n) is 6.57. The van der Waals surface area contributed by atoms with Gasteiger partial charge in [-0.05, 0) is 44.8 Å². The Bertz CT molecular complexity index is 649. The van der Waals surface area contributed by atoms with E-state index in [2.05, 4.69) is 17.6 Å². The Kier molecular flexibility index (Phi) is 5.36. The van der Waals surface area contributed by atoms with Crippen LogP contribution in [0.25, 0.3) is 6.08 Å².